The maximum atomic E-state index is 12.0. The molecule has 0 heterocycles. The number of benzene rings is 2. The number of halogens is 1. The van der Waals surface area contributed by atoms with Gasteiger partial charge in [0.25, 0.3) is 0 Å². The van der Waals surface area contributed by atoms with Crippen LogP contribution in [-0.4, -0.2) is 18.7 Å². The van der Waals surface area contributed by atoms with Crippen LogP contribution in [0.15, 0.2) is 48.5 Å². The molecule has 0 aliphatic rings. The molecule has 0 saturated heterocycles. The summed E-state index contributed by atoms with van der Waals surface area (Å²) in [6, 6.07) is 14.4. The van der Waals surface area contributed by atoms with Crippen molar-refractivity contribution in [3.8, 4) is 17.2 Å². The molecule has 0 fully saturated rings. The summed E-state index contributed by atoms with van der Waals surface area (Å²) in [6.07, 6.45) is -0.143. The normalized spacial score (nSPS) is 11.3. The van der Waals surface area contributed by atoms with Crippen LogP contribution in [0.3, 0.4) is 0 Å². The van der Waals surface area contributed by atoms with Crippen molar-refractivity contribution in [1.29, 1.82) is 0 Å². The zero-order chi connectivity index (χ0) is 18.4. The quantitative estimate of drug-likeness (QED) is 0.611. The average Bonchev–Trinajstić information content (AvgIpc) is 2.56. The van der Waals surface area contributed by atoms with E-state index in [2.05, 4.69) is 0 Å². The lowest BCUT2D eigenvalue weighted by Crippen LogP contribution is -2.34. The van der Waals surface area contributed by atoms with Crippen LogP contribution in [-0.2, 0) is 9.53 Å². The Morgan fingerprint density at radius 1 is 0.960 bits per heavy atom. The van der Waals surface area contributed by atoms with Crippen molar-refractivity contribution >= 4 is 17.6 Å². The highest BCUT2D eigenvalue weighted by Gasteiger charge is 2.31. The molecule has 0 aromatic heterocycles. The van der Waals surface area contributed by atoms with Crippen LogP contribution in [0, 0.1) is 5.41 Å². The fourth-order valence-electron chi connectivity index (χ4n) is 1.94. The second-order valence-electron chi connectivity index (χ2n) is 6.65. The number of esters is 1. The molecule has 4 nitrogen and oxygen atoms in total. The molecular weight excluding hydrogens is 340 g/mol. The number of ether oxygens (including phenoxy) is 3. The number of carbonyl (C=O) groups is 1. The van der Waals surface area contributed by atoms with Gasteiger partial charge in [0, 0.05) is 5.02 Å². The van der Waals surface area contributed by atoms with E-state index < -0.39 is 5.41 Å². The van der Waals surface area contributed by atoms with Gasteiger partial charge in [0.15, 0.2) is 0 Å². The summed E-state index contributed by atoms with van der Waals surface area (Å²) in [4.78, 5) is 12.0. The van der Waals surface area contributed by atoms with Gasteiger partial charge in [-0.1, -0.05) is 11.6 Å². The third kappa shape index (κ3) is 5.98. The summed E-state index contributed by atoms with van der Waals surface area (Å²) in [5, 5.41) is 0.662. The molecule has 25 heavy (non-hydrogen) atoms. The monoisotopic (exact) mass is 362 g/mol. The zero-order valence-electron chi connectivity index (χ0n) is 14.9. The predicted octanol–water partition coefficient (Wildman–Crippen LogP) is 5.49. The number of hydrogen-bond acceptors (Lipinski definition) is 4. The van der Waals surface area contributed by atoms with Gasteiger partial charge in [-0.25, -0.2) is 0 Å². The van der Waals surface area contributed by atoms with Gasteiger partial charge in [-0.05, 0) is 76.2 Å². The van der Waals surface area contributed by atoms with E-state index in [1.807, 2.05) is 26.0 Å². The third-order valence-electron chi connectivity index (χ3n) is 3.37. The molecule has 0 N–H and O–H groups in total. The van der Waals surface area contributed by atoms with Gasteiger partial charge < -0.3 is 14.2 Å². The molecule has 0 saturated carbocycles. The summed E-state index contributed by atoms with van der Waals surface area (Å²) in [5.74, 6) is 1.78. The lowest BCUT2D eigenvalue weighted by molar-refractivity contribution is -0.159. The van der Waals surface area contributed by atoms with E-state index in [4.69, 9.17) is 25.8 Å². The van der Waals surface area contributed by atoms with E-state index in [1.165, 1.54) is 0 Å². The smallest absolute Gasteiger partial charge is 0.315 e. The van der Waals surface area contributed by atoms with Crippen LogP contribution in [0.2, 0.25) is 5.02 Å². The molecule has 0 aliphatic carbocycles. The molecule has 2 rings (SSSR count). The van der Waals surface area contributed by atoms with Crippen molar-refractivity contribution in [2.75, 3.05) is 6.61 Å². The molecule has 2 aromatic carbocycles. The number of hydrogen-bond donors (Lipinski definition) is 0. The molecule has 134 valence electrons. The van der Waals surface area contributed by atoms with Gasteiger partial charge in [0.2, 0.25) is 0 Å². The fourth-order valence-corrected chi connectivity index (χ4v) is 2.06. The minimum atomic E-state index is -0.719. The SMILES string of the molecule is CC(C)OC(=O)C(C)(C)COc1ccc(Oc2ccc(Cl)cc2)cc1. The van der Waals surface area contributed by atoms with Crippen molar-refractivity contribution in [2.24, 2.45) is 5.41 Å². The Hall–Kier alpha value is -2.20. The highest BCUT2D eigenvalue weighted by molar-refractivity contribution is 6.30. The molecule has 0 radical (unpaired) electrons. The van der Waals surface area contributed by atoms with Gasteiger partial charge in [-0.2, -0.15) is 0 Å². The highest BCUT2D eigenvalue weighted by Crippen LogP contribution is 2.26. The van der Waals surface area contributed by atoms with Gasteiger partial charge in [0.1, 0.15) is 23.9 Å². The van der Waals surface area contributed by atoms with E-state index in [1.54, 1.807) is 50.2 Å². The Labute approximate surface area is 153 Å². The van der Waals surface area contributed by atoms with Gasteiger partial charge in [-0.15, -0.1) is 0 Å². The van der Waals surface area contributed by atoms with Gasteiger partial charge in [0.05, 0.1) is 11.5 Å². The van der Waals surface area contributed by atoms with Crippen LogP contribution < -0.4 is 9.47 Å². The Morgan fingerprint density at radius 3 is 1.96 bits per heavy atom. The first-order chi connectivity index (χ1) is 11.8. The standard InChI is InChI=1S/C20H23ClO4/c1-14(2)24-19(22)20(3,4)13-23-16-9-11-18(12-10-16)25-17-7-5-15(21)6-8-17/h5-12,14H,13H2,1-4H3. The second-order valence-corrected chi connectivity index (χ2v) is 7.09. The Bertz CT molecular complexity index is 691. The van der Waals surface area contributed by atoms with Gasteiger partial charge >= 0.3 is 5.97 Å². The molecule has 0 aliphatic heterocycles. The topological polar surface area (TPSA) is 44.8 Å². The lowest BCUT2D eigenvalue weighted by Gasteiger charge is -2.24. The zero-order valence-corrected chi connectivity index (χ0v) is 15.7. The van der Waals surface area contributed by atoms with Crippen molar-refractivity contribution < 1.29 is 19.0 Å². The van der Waals surface area contributed by atoms with Crippen LogP contribution in [0.4, 0.5) is 0 Å². The Kier molecular flexibility index (Phi) is 6.32. The Balaban J connectivity index is 1.91. The molecule has 0 bridgehead atoms. The minimum Gasteiger partial charge on any atom is -0.492 e. The van der Waals surface area contributed by atoms with Crippen LogP contribution in [0.1, 0.15) is 27.7 Å². The molecule has 0 spiro atoms. The first-order valence-corrected chi connectivity index (χ1v) is 8.51. The summed E-state index contributed by atoms with van der Waals surface area (Å²) >= 11 is 5.85. The molecule has 2 aromatic rings. The maximum Gasteiger partial charge on any atom is 0.315 e. The van der Waals surface area contributed by atoms with E-state index in [-0.39, 0.29) is 18.7 Å². The van der Waals surface area contributed by atoms with Crippen molar-refractivity contribution in [1.82, 2.24) is 0 Å². The summed E-state index contributed by atoms with van der Waals surface area (Å²) in [7, 11) is 0. The number of rotatable bonds is 7. The second kappa shape index (κ2) is 8.26. The average molecular weight is 363 g/mol. The van der Waals surface area contributed by atoms with Crippen LogP contribution in [0.25, 0.3) is 0 Å². The van der Waals surface area contributed by atoms with Gasteiger partial charge in [-0.3, -0.25) is 4.79 Å². The molecule has 5 heteroatoms. The highest BCUT2D eigenvalue weighted by atomic mass is 35.5. The largest absolute Gasteiger partial charge is 0.492 e. The minimum absolute atomic E-state index is 0.143. The van der Waals surface area contributed by atoms with Crippen LogP contribution >= 0.6 is 11.6 Å². The van der Waals surface area contributed by atoms with Crippen molar-refractivity contribution in [3.05, 3.63) is 53.6 Å². The third-order valence-corrected chi connectivity index (χ3v) is 3.62. The van der Waals surface area contributed by atoms with Crippen LogP contribution in [0.5, 0.6) is 17.2 Å². The van der Waals surface area contributed by atoms with E-state index >= 15 is 0 Å². The molecule has 0 amide bonds. The van der Waals surface area contributed by atoms with E-state index in [0.717, 1.165) is 0 Å². The molecule has 0 unspecified atom stereocenters. The summed E-state index contributed by atoms with van der Waals surface area (Å²) in [6.45, 7) is 7.49. The van der Waals surface area contributed by atoms with E-state index in [9.17, 15) is 4.79 Å². The van der Waals surface area contributed by atoms with Crippen molar-refractivity contribution in [2.45, 2.75) is 33.8 Å². The Morgan fingerprint density at radius 2 is 1.44 bits per heavy atom. The summed E-state index contributed by atoms with van der Waals surface area (Å²) in [5.41, 5.74) is -0.719. The van der Waals surface area contributed by atoms with Crippen molar-refractivity contribution in [3.63, 3.8) is 0 Å². The first-order valence-electron chi connectivity index (χ1n) is 8.13. The lowest BCUT2D eigenvalue weighted by atomic mass is 9.95. The predicted molar refractivity (Wildman–Crippen MR) is 98.5 cm³/mol. The molecule has 0 atom stereocenters. The summed E-state index contributed by atoms with van der Waals surface area (Å²) < 4.78 is 16.7. The van der Waals surface area contributed by atoms with E-state index in [0.29, 0.717) is 22.3 Å². The molecular formula is C20H23ClO4. The fraction of sp³-hybridized carbons (Fsp3) is 0.350. The first kappa shape index (κ1) is 19.1. The number of carbonyl (C=O) groups excluding carboxylic acids is 1. The maximum absolute atomic E-state index is 12.0.